The van der Waals surface area contributed by atoms with Crippen LogP contribution in [0.15, 0.2) is 36.5 Å². The van der Waals surface area contributed by atoms with E-state index in [0.717, 1.165) is 10.8 Å². The lowest BCUT2D eigenvalue weighted by atomic mass is 10.1. The van der Waals surface area contributed by atoms with Crippen molar-refractivity contribution in [3.05, 3.63) is 58.2 Å². The van der Waals surface area contributed by atoms with Crippen molar-refractivity contribution in [3.8, 4) is 5.75 Å². The first kappa shape index (κ1) is 13.0. The number of hydrogen-bond acceptors (Lipinski definition) is 4. The number of phenolic OH excluding ortho intramolecular Hbond substituents is 1. The average molecular weight is 255 g/mol. The molecule has 0 saturated carbocycles. The number of aryl methyl sites for hydroxylation is 1. The Hall–Kier alpha value is -2.49. The van der Waals surface area contributed by atoms with Crippen LogP contribution in [-0.4, -0.2) is 10.1 Å². The quantitative estimate of drug-likeness (QED) is 0.684. The molecule has 2 aromatic rings. The van der Waals surface area contributed by atoms with E-state index < -0.39 is 0 Å². The molecule has 0 aliphatic carbocycles. The molecule has 0 unspecified atom stereocenters. The molecular weight excluding hydrogens is 238 g/mol. The lowest BCUT2D eigenvalue weighted by Crippen LogP contribution is -2.35. The van der Waals surface area contributed by atoms with Crippen molar-refractivity contribution in [1.29, 1.82) is 0 Å². The van der Waals surface area contributed by atoms with Gasteiger partial charge in [-0.25, -0.2) is 0 Å². The van der Waals surface area contributed by atoms with Crippen LogP contribution < -0.4 is 22.0 Å². The third-order valence-electron chi connectivity index (χ3n) is 2.91. The Morgan fingerprint density at radius 2 is 1.95 bits per heavy atom. The Kier molecular flexibility index (Phi) is 3.42. The molecule has 0 aliphatic rings. The number of aromatic nitrogens is 1. The van der Waals surface area contributed by atoms with E-state index in [9.17, 15) is 5.11 Å². The minimum atomic E-state index is 0.155. The van der Waals surface area contributed by atoms with Crippen LogP contribution in [0.1, 0.15) is 18.1 Å². The molecule has 98 valence electrons. The van der Waals surface area contributed by atoms with E-state index in [1.165, 1.54) is 0 Å². The van der Waals surface area contributed by atoms with Gasteiger partial charge in [-0.05, 0) is 43.7 Å². The fraction of sp³-hybridized carbons (Fsp3) is 0.133. The topological polar surface area (TPSA) is 85.2 Å². The summed E-state index contributed by atoms with van der Waals surface area (Å²) in [7, 11) is 0. The highest BCUT2D eigenvalue weighted by atomic mass is 16.3. The second-order valence-electron chi connectivity index (χ2n) is 4.52. The summed E-state index contributed by atoms with van der Waals surface area (Å²) in [6.45, 7) is 3.68. The standard InChI is InChI=1S/C15H17N3O/c1-9-5-6-11(13(19)8-9)14(17)12-4-3-7-18-15(12)10(2)16/h3-8,19H,16-17H2,1-2H3/b14-12-,15-10+. The van der Waals surface area contributed by atoms with Crippen LogP contribution in [-0.2, 0) is 0 Å². The summed E-state index contributed by atoms with van der Waals surface area (Å²) in [6.07, 6.45) is 1.66. The van der Waals surface area contributed by atoms with Gasteiger partial charge in [0.1, 0.15) is 5.75 Å². The molecule has 0 spiro atoms. The van der Waals surface area contributed by atoms with Crippen molar-refractivity contribution in [2.24, 2.45) is 11.5 Å². The molecule has 0 atom stereocenters. The van der Waals surface area contributed by atoms with Gasteiger partial charge in [0.05, 0.1) is 11.0 Å². The van der Waals surface area contributed by atoms with E-state index in [2.05, 4.69) is 4.98 Å². The molecule has 0 aliphatic heterocycles. The normalized spacial score (nSPS) is 14.0. The molecular formula is C15H17N3O. The van der Waals surface area contributed by atoms with Gasteiger partial charge in [-0.1, -0.05) is 6.07 Å². The summed E-state index contributed by atoms with van der Waals surface area (Å²) in [5, 5.41) is 11.4. The molecule has 0 radical (unpaired) electrons. The van der Waals surface area contributed by atoms with Gasteiger partial charge in [0.15, 0.2) is 0 Å². The van der Waals surface area contributed by atoms with Gasteiger partial charge in [0, 0.05) is 22.7 Å². The van der Waals surface area contributed by atoms with Gasteiger partial charge >= 0.3 is 0 Å². The predicted molar refractivity (Wildman–Crippen MR) is 76.3 cm³/mol. The van der Waals surface area contributed by atoms with Crippen LogP contribution >= 0.6 is 0 Å². The molecule has 1 aromatic carbocycles. The second-order valence-corrected chi connectivity index (χ2v) is 4.52. The van der Waals surface area contributed by atoms with E-state index in [1.54, 1.807) is 31.3 Å². The monoisotopic (exact) mass is 255 g/mol. The van der Waals surface area contributed by atoms with Crippen LogP contribution in [0.3, 0.4) is 0 Å². The summed E-state index contributed by atoms with van der Waals surface area (Å²) in [5.41, 5.74) is 14.6. The third-order valence-corrected chi connectivity index (χ3v) is 2.91. The molecule has 4 nitrogen and oxygen atoms in total. The summed E-state index contributed by atoms with van der Waals surface area (Å²) < 4.78 is 0. The highest BCUT2D eigenvalue weighted by molar-refractivity contribution is 5.68. The highest BCUT2D eigenvalue weighted by Crippen LogP contribution is 2.21. The molecule has 5 N–H and O–H groups in total. The van der Waals surface area contributed by atoms with E-state index in [4.69, 9.17) is 11.5 Å². The van der Waals surface area contributed by atoms with E-state index in [1.807, 2.05) is 19.1 Å². The first-order valence-corrected chi connectivity index (χ1v) is 5.98. The van der Waals surface area contributed by atoms with E-state index >= 15 is 0 Å². The number of phenols is 1. The van der Waals surface area contributed by atoms with Crippen molar-refractivity contribution in [3.63, 3.8) is 0 Å². The van der Waals surface area contributed by atoms with E-state index in [-0.39, 0.29) is 5.75 Å². The van der Waals surface area contributed by atoms with Crippen LogP contribution in [0, 0.1) is 6.92 Å². The number of aromatic hydroxyl groups is 1. The van der Waals surface area contributed by atoms with Gasteiger partial charge in [0.25, 0.3) is 0 Å². The van der Waals surface area contributed by atoms with Crippen LogP contribution in [0.4, 0.5) is 0 Å². The molecule has 0 saturated heterocycles. The molecule has 0 fully saturated rings. The molecule has 0 bridgehead atoms. The molecule has 1 aromatic heterocycles. The maximum Gasteiger partial charge on any atom is 0.125 e. The Labute approximate surface area is 111 Å². The fourth-order valence-corrected chi connectivity index (χ4v) is 1.95. The smallest absolute Gasteiger partial charge is 0.125 e. The zero-order valence-electron chi connectivity index (χ0n) is 11.0. The molecule has 19 heavy (non-hydrogen) atoms. The third kappa shape index (κ3) is 2.52. The van der Waals surface area contributed by atoms with E-state index in [0.29, 0.717) is 22.3 Å². The van der Waals surface area contributed by atoms with Crippen LogP contribution in [0.25, 0.3) is 11.4 Å². The van der Waals surface area contributed by atoms with Crippen molar-refractivity contribution in [2.75, 3.05) is 0 Å². The first-order chi connectivity index (χ1) is 9.00. The molecule has 2 rings (SSSR count). The van der Waals surface area contributed by atoms with Crippen LogP contribution in [0.5, 0.6) is 5.75 Å². The van der Waals surface area contributed by atoms with Gasteiger partial charge < -0.3 is 16.6 Å². The first-order valence-electron chi connectivity index (χ1n) is 5.98. The maximum absolute atomic E-state index is 9.99. The Morgan fingerprint density at radius 3 is 2.58 bits per heavy atom. The molecule has 1 heterocycles. The minimum Gasteiger partial charge on any atom is -0.507 e. The van der Waals surface area contributed by atoms with Gasteiger partial charge in [0.2, 0.25) is 0 Å². The van der Waals surface area contributed by atoms with Crippen molar-refractivity contribution in [1.82, 2.24) is 4.98 Å². The van der Waals surface area contributed by atoms with Gasteiger partial charge in [-0.15, -0.1) is 0 Å². The lowest BCUT2D eigenvalue weighted by Gasteiger charge is -2.06. The fourth-order valence-electron chi connectivity index (χ4n) is 1.95. The Balaban J connectivity index is 2.84. The van der Waals surface area contributed by atoms with Crippen molar-refractivity contribution in [2.45, 2.75) is 13.8 Å². The lowest BCUT2D eigenvalue weighted by molar-refractivity contribution is 0.473. The van der Waals surface area contributed by atoms with Crippen LogP contribution in [0.2, 0.25) is 0 Å². The minimum absolute atomic E-state index is 0.155. The van der Waals surface area contributed by atoms with Crippen molar-refractivity contribution >= 4 is 11.4 Å². The maximum atomic E-state index is 9.99. The SMILES string of the molecule is C/C(N)=c1\nccc\c1=C(\N)c1ccc(C)cc1O. The van der Waals surface area contributed by atoms with Crippen molar-refractivity contribution < 1.29 is 5.11 Å². The number of pyridine rings is 1. The van der Waals surface area contributed by atoms with Gasteiger partial charge in [-0.3, -0.25) is 4.98 Å². The van der Waals surface area contributed by atoms with Gasteiger partial charge in [-0.2, -0.15) is 0 Å². The largest absolute Gasteiger partial charge is 0.507 e. The number of benzene rings is 1. The summed E-state index contributed by atoms with van der Waals surface area (Å²) in [5.74, 6) is 0.155. The molecule has 0 amide bonds. The molecule has 4 heteroatoms. The number of rotatable bonds is 1. The number of hydrogen-bond donors (Lipinski definition) is 3. The zero-order chi connectivity index (χ0) is 14.0. The summed E-state index contributed by atoms with van der Waals surface area (Å²) >= 11 is 0. The Bertz CT molecular complexity index is 731. The summed E-state index contributed by atoms with van der Waals surface area (Å²) in [6, 6.07) is 9.00. The highest BCUT2D eigenvalue weighted by Gasteiger charge is 2.06. The number of nitrogens with two attached hydrogens (primary N) is 2. The summed E-state index contributed by atoms with van der Waals surface area (Å²) in [4.78, 5) is 4.23. The second kappa shape index (κ2) is 5.02. The number of nitrogens with zero attached hydrogens (tertiary/aromatic N) is 1. The zero-order valence-corrected chi connectivity index (χ0v) is 11.0. The predicted octanol–water partition coefficient (Wildman–Crippen LogP) is 0.298. The Morgan fingerprint density at radius 1 is 1.21 bits per heavy atom. The average Bonchev–Trinajstić information content (AvgIpc) is 2.38.